The minimum atomic E-state index is -1.04. The van der Waals surface area contributed by atoms with Gasteiger partial charge < -0.3 is 9.15 Å². The number of hydrogen-bond donors (Lipinski definition) is 0. The molecule has 0 amide bonds. The summed E-state index contributed by atoms with van der Waals surface area (Å²) in [6.45, 7) is 3.28. The van der Waals surface area contributed by atoms with Crippen LogP contribution in [-0.2, 0) is 9.53 Å². The molecular weight excluding hydrogens is 300 g/mol. The van der Waals surface area contributed by atoms with E-state index in [0.717, 1.165) is 15.2 Å². The van der Waals surface area contributed by atoms with E-state index < -0.39 is 12.1 Å². The van der Waals surface area contributed by atoms with Crippen molar-refractivity contribution in [2.75, 3.05) is 0 Å². The van der Waals surface area contributed by atoms with Crippen molar-refractivity contribution < 1.29 is 13.9 Å². The maximum Gasteiger partial charge on any atom is 0.304 e. The Hall–Kier alpha value is -2.65. The number of aryl methyl sites for hydroxylation is 1. The van der Waals surface area contributed by atoms with Gasteiger partial charge in [-0.05, 0) is 36.8 Å². The van der Waals surface area contributed by atoms with E-state index in [9.17, 15) is 4.79 Å². The van der Waals surface area contributed by atoms with Gasteiger partial charge in [-0.3, -0.25) is 4.79 Å². The van der Waals surface area contributed by atoms with Gasteiger partial charge in [0.1, 0.15) is 6.07 Å². The number of aromatic nitrogens is 1. The Bertz CT molecular complexity index is 888. The molecule has 0 fully saturated rings. The Morgan fingerprint density at radius 2 is 2.23 bits per heavy atom. The van der Waals surface area contributed by atoms with Crippen molar-refractivity contribution in [2.24, 2.45) is 0 Å². The molecule has 22 heavy (non-hydrogen) atoms. The summed E-state index contributed by atoms with van der Waals surface area (Å²) in [5.41, 5.74) is 2.07. The van der Waals surface area contributed by atoms with Crippen molar-refractivity contribution in [1.29, 1.82) is 5.26 Å². The molecule has 1 unspecified atom stereocenters. The lowest BCUT2D eigenvalue weighted by Gasteiger charge is -2.05. The highest BCUT2D eigenvalue weighted by Gasteiger charge is 2.19. The topological polar surface area (TPSA) is 76.1 Å². The summed E-state index contributed by atoms with van der Waals surface area (Å²) in [6.07, 6.45) is -1.04. The molecule has 0 saturated carbocycles. The van der Waals surface area contributed by atoms with E-state index in [1.54, 1.807) is 12.1 Å². The third-order valence-electron chi connectivity index (χ3n) is 3.04. The van der Waals surface area contributed by atoms with Gasteiger partial charge in [0.15, 0.2) is 16.5 Å². The fraction of sp³-hybridized carbons (Fsp3) is 0.188. The number of esters is 1. The highest BCUT2D eigenvalue weighted by atomic mass is 32.1. The van der Waals surface area contributed by atoms with Crippen molar-refractivity contribution in [3.8, 4) is 16.8 Å². The van der Waals surface area contributed by atoms with Crippen LogP contribution in [-0.4, -0.2) is 11.0 Å². The molecule has 6 heteroatoms. The Labute approximate surface area is 130 Å². The first-order chi connectivity index (χ1) is 10.6. The van der Waals surface area contributed by atoms with Crippen molar-refractivity contribution >= 4 is 27.5 Å². The van der Waals surface area contributed by atoms with Crippen LogP contribution in [0.25, 0.3) is 21.0 Å². The second-order valence-electron chi connectivity index (χ2n) is 4.81. The lowest BCUT2D eigenvalue weighted by Crippen LogP contribution is -2.05. The maximum absolute atomic E-state index is 11.0. The average molecular weight is 312 g/mol. The smallest absolute Gasteiger partial charge is 0.304 e. The number of benzene rings is 1. The van der Waals surface area contributed by atoms with Crippen LogP contribution in [0, 0.1) is 18.3 Å². The van der Waals surface area contributed by atoms with Gasteiger partial charge in [-0.25, -0.2) is 4.98 Å². The summed E-state index contributed by atoms with van der Waals surface area (Å²) in [5, 5.41) is 9.78. The average Bonchev–Trinajstić information content (AvgIpc) is 3.10. The van der Waals surface area contributed by atoms with E-state index in [1.165, 1.54) is 23.8 Å². The molecule has 0 radical (unpaired) electrons. The molecule has 0 aliphatic rings. The minimum absolute atomic E-state index is 0.295. The Balaban J connectivity index is 1.95. The second-order valence-corrected chi connectivity index (χ2v) is 5.84. The summed E-state index contributed by atoms with van der Waals surface area (Å²) >= 11 is 1.52. The SMILES string of the molecule is CC(=O)OC(C#N)c1ccc(-c2nc3ccc(C)cc3s2)o1. The molecule has 0 aliphatic carbocycles. The molecule has 2 aromatic heterocycles. The van der Waals surface area contributed by atoms with Gasteiger partial charge in [0.05, 0.1) is 10.2 Å². The van der Waals surface area contributed by atoms with Crippen LogP contribution >= 0.6 is 11.3 Å². The molecule has 5 nitrogen and oxygen atoms in total. The van der Waals surface area contributed by atoms with Gasteiger partial charge in [-0.2, -0.15) is 5.26 Å². The van der Waals surface area contributed by atoms with Gasteiger partial charge in [-0.1, -0.05) is 6.07 Å². The molecule has 1 atom stereocenters. The third-order valence-corrected chi connectivity index (χ3v) is 4.07. The molecule has 3 rings (SSSR count). The monoisotopic (exact) mass is 312 g/mol. The Kier molecular flexibility index (Phi) is 3.65. The van der Waals surface area contributed by atoms with Gasteiger partial charge in [0.25, 0.3) is 0 Å². The van der Waals surface area contributed by atoms with Gasteiger partial charge in [0, 0.05) is 6.92 Å². The van der Waals surface area contributed by atoms with Crippen molar-refractivity contribution in [2.45, 2.75) is 20.0 Å². The van der Waals surface area contributed by atoms with Crippen LogP contribution in [0.3, 0.4) is 0 Å². The first-order valence-electron chi connectivity index (χ1n) is 6.61. The summed E-state index contributed by atoms with van der Waals surface area (Å²) in [6, 6.07) is 11.3. The Morgan fingerprint density at radius 3 is 2.95 bits per heavy atom. The molecule has 3 aromatic rings. The molecule has 2 heterocycles. The van der Waals surface area contributed by atoms with Crippen molar-refractivity contribution in [1.82, 2.24) is 4.98 Å². The summed E-state index contributed by atoms with van der Waals surface area (Å²) in [4.78, 5) is 15.5. The van der Waals surface area contributed by atoms with Gasteiger partial charge >= 0.3 is 5.97 Å². The molecule has 0 spiro atoms. The number of thiazole rings is 1. The molecule has 0 aliphatic heterocycles. The van der Waals surface area contributed by atoms with Crippen molar-refractivity contribution in [3.63, 3.8) is 0 Å². The van der Waals surface area contributed by atoms with E-state index in [0.29, 0.717) is 11.5 Å². The Morgan fingerprint density at radius 1 is 1.41 bits per heavy atom. The first-order valence-corrected chi connectivity index (χ1v) is 7.42. The maximum atomic E-state index is 11.0. The largest absolute Gasteiger partial charge is 0.453 e. The summed E-state index contributed by atoms with van der Waals surface area (Å²) in [7, 11) is 0. The predicted octanol–water partition coefficient (Wildman–Crippen LogP) is 3.99. The summed E-state index contributed by atoms with van der Waals surface area (Å²) < 4.78 is 11.6. The number of carbonyl (C=O) groups is 1. The fourth-order valence-corrected chi connectivity index (χ4v) is 3.09. The third kappa shape index (κ3) is 2.71. The summed E-state index contributed by atoms with van der Waals surface area (Å²) in [5.74, 6) is 0.323. The van der Waals surface area contributed by atoms with Crippen LogP contribution < -0.4 is 0 Å². The van der Waals surface area contributed by atoms with Crippen LogP contribution in [0.2, 0.25) is 0 Å². The van der Waals surface area contributed by atoms with Gasteiger partial charge in [0.2, 0.25) is 6.10 Å². The normalized spacial score (nSPS) is 12.0. The number of ether oxygens (including phenoxy) is 1. The number of fused-ring (bicyclic) bond motifs is 1. The number of carbonyl (C=O) groups excluding carboxylic acids is 1. The zero-order valence-electron chi connectivity index (χ0n) is 12.0. The first kappa shape index (κ1) is 14.3. The zero-order valence-corrected chi connectivity index (χ0v) is 12.8. The predicted molar refractivity (Wildman–Crippen MR) is 82.2 cm³/mol. The highest BCUT2D eigenvalue weighted by Crippen LogP contribution is 2.33. The van der Waals surface area contributed by atoms with Crippen molar-refractivity contribution in [3.05, 3.63) is 41.7 Å². The number of nitriles is 1. The van der Waals surface area contributed by atoms with Crippen LogP contribution in [0.5, 0.6) is 0 Å². The van der Waals surface area contributed by atoms with Gasteiger partial charge in [-0.15, -0.1) is 11.3 Å². The molecule has 0 bridgehead atoms. The lowest BCUT2D eigenvalue weighted by molar-refractivity contribution is -0.144. The second kappa shape index (κ2) is 5.62. The number of nitrogens with zero attached hydrogens (tertiary/aromatic N) is 2. The van der Waals surface area contributed by atoms with Crippen LogP contribution in [0.1, 0.15) is 24.4 Å². The molecule has 110 valence electrons. The number of hydrogen-bond acceptors (Lipinski definition) is 6. The quantitative estimate of drug-likeness (QED) is 0.683. The standard InChI is InChI=1S/C16H12N2O3S/c1-9-3-4-11-15(7-9)22-16(18-11)13-6-5-12(21-13)14(8-17)20-10(2)19/h3-7,14H,1-2H3. The number of furan rings is 1. The molecule has 1 aromatic carbocycles. The van der Waals surface area contributed by atoms with E-state index in [2.05, 4.69) is 11.1 Å². The molecule has 0 N–H and O–H groups in total. The van der Waals surface area contributed by atoms with E-state index >= 15 is 0 Å². The fourth-order valence-electron chi connectivity index (χ4n) is 2.06. The van der Waals surface area contributed by atoms with E-state index in [-0.39, 0.29) is 0 Å². The molecular formula is C16H12N2O3S. The number of rotatable bonds is 3. The highest BCUT2D eigenvalue weighted by molar-refractivity contribution is 7.21. The minimum Gasteiger partial charge on any atom is -0.453 e. The van der Waals surface area contributed by atoms with Crippen LogP contribution in [0.15, 0.2) is 34.7 Å². The zero-order chi connectivity index (χ0) is 15.7. The van der Waals surface area contributed by atoms with E-state index in [4.69, 9.17) is 14.4 Å². The van der Waals surface area contributed by atoms with E-state index in [1.807, 2.05) is 25.1 Å². The lowest BCUT2D eigenvalue weighted by atomic mass is 10.2. The van der Waals surface area contributed by atoms with Crippen LogP contribution in [0.4, 0.5) is 0 Å². The molecule has 0 saturated heterocycles.